The molecule has 1 atom stereocenters. The maximum atomic E-state index is 6.24. The number of fused-ring (bicyclic) bond motifs is 1. The fourth-order valence-corrected chi connectivity index (χ4v) is 2.94. The van der Waals surface area contributed by atoms with Gasteiger partial charge in [-0.1, -0.05) is 51.1 Å². The number of aryl methyl sites for hydroxylation is 1. The van der Waals surface area contributed by atoms with Crippen molar-refractivity contribution in [2.24, 2.45) is 5.92 Å². The highest BCUT2D eigenvalue weighted by molar-refractivity contribution is 5.76. The van der Waals surface area contributed by atoms with Crippen LogP contribution in [0.5, 0.6) is 5.75 Å². The van der Waals surface area contributed by atoms with E-state index in [9.17, 15) is 0 Å². The summed E-state index contributed by atoms with van der Waals surface area (Å²) >= 11 is 0. The Hall–Kier alpha value is -2.29. The molecular formula is C21H26N2O. The fourth-order valence-electron chi connectivity index (χ4n) is 2.94. The van der Waals surface area contributed by atoms with Crippen molar-refractivity contribution in [2.75, 3.05) is 0 Å². The van der Waals surface area contributed by atoms with E-state index in [1.807, 2.05) is 36.4 Å². The summed E-state index contributed by atoms with van der Waals surface area (Å²) in [5, 5.41) is 0. The Kier molecular flexibility index (Phi) is 5.19. The van der Waals surface area contributed by atoms with Crippen molar-refractivity contribution in [3.63, 3.8) is 0 Å². The van der Waals surface area contributed by atoms with Crippen molar-refractivity contribution in [3.05, 3.63) is 60.4 Å². The molecule has 2 aromatic carbocycles. The predicted octanol–water partition coefficient (Wildman–Crippen LogP) is 5.61. The second-order valence-electron chi connectivity index (χ2n) is 6.62. The summed E-state index contributed by atoms with van der Waals surface area (Å²) in [5.41, 5.74) is 2.25. The van der Waals surface area contributed by atoms with Crippen molar-refractivity contribution in [3.8, 4) is 5.75 Å². The highest BCUT2D eigenvalue weighted by Crippen LogP contribution is 2.28. The van der Waals surface area contributed by atoms with Crippen LogP contribution in [0.25, 0.3) is 11.0 Å². The molecule has 0 bridgehead atoms. The highest BCUT2D eigenvalue weighted by Gasteiger charge is 2.20. The Labute approximate surface area is 144 Å². The minimum Gasteiger partial charge on any atom is -0.483 e. The van der Waals surface area contributed by atoms with Gasteiger partial charge in [0, 0.05) is 6.54 Å². The topological polar surface area (TPSA) is 27.1 Å². The van der Waals surface area contributed by atoms with Gasteiger partial charge >= 0.3 is 0 Å². The van der Waals surface area contributed by atoms with Crippen LogP contribution >= 0.6 is 0 Å². The van der Waals surface area contributed by atoms with Crippen molar-refractivity contribution < 1.29 is 4.74 Å². The molecule has 0 aliphatic rings. The standard InChI is InChI=1S/C21H26N2O/c1-4-20(24-17-10-6-5-7-11-17)21-22-18-12-8-9-13-19(18)23(21)15-14-16(2)3/h5-13,16,20H,4,14-15H2,1-3H3. The van der Waals surface area contributed by atoms with E-state index in [1.54, 1.807) is 0 Å². The van der Waals surface area contributed by atoms with E-state index in [2.05, 4.69) is 43.5 Å². The number of rotatable bonds is 7. The van der Waals surface area contributed by atoms with E-state index >= 15 is 0 Å². The first-order chi connectivity index (χ1) is 11.7. The van der Waals surface area contributed by atoms with Gasteiger partial charge in [-0.15, -0.1) is 0 Å². The van der Waals surface area contributed by atoms with E-state index in [-0.39, 0.29) is 6.10 Å². The molecule has 0 aliphatic heterocycles. The van der Waals surface area contributed by atoms with E-state index in [0.29, 0.717) is 5.92 Å². The molecule has 0 spiro atoms. The van der Waals surface area contributed by atoms with Crippen LogP contribution in [0.4, 0.5) is 0 Å². The van der Waals surface area contributed by atoms with Gasteiger partial charge < -0.3 is 9.30 Å². The van der Waals surface area contributed by atoms with Crippen LogP contribution in [0.1, 0.15) is 45.5 Å². The summed E-state index contributed by atoms with van der Waals surface area (Å²) in [7, 11) is 0. The van der Waals surface area contributed by atoms with Gasteiger partial charge in [0.1, 0.15) is 5.75 Å². The fraction of sp³-hybridized carbons (Fsp3) is 0.381. The van der Waals surface area contributed by atoms with E-state index in [4.69, 9.17) is 9.72 Å². The lowest BCUT2D eigenvalue weighted by atomic mass is 10.1. The molecule has 3 heteroatoms. The summed E-state index contributed by atoms with van der Waals surface area (Å²) in [5.74, 6) is 2.59. The van der Waals surface area contributed by atoms with Crippen molar-refractivity contribution in [1.82, 2.24) is 9.55 Å². The van der Waals surface area contributed by atoms with Gasteiger partial charge in [-0.05, 0) is 43.0 Å². The van der Waals surface area contributed by atoms with Crippen LogP contribution in [0.15, 0.2) is 54.6 Å². The van der Waals surface area contributed by atoms with Crippen molar-refractivity contribution in [2.45, 2.75) is 46.3 Å². The van der Waals surface area contributed by atoms with Crippen LogP contribution in [-0.2, 0) is 6.54 Å². The van der Waals surface area contributed by atoms with Crippen LogP contribution < -0.4 is 4.74 Å². The molecule has 0 fully saturated rings. The molecule has 3 nitrogen and oxygen atoms in total. The number of aromatic nitrogens is 2. The molecule has 0 aliphatic carbocycles. The number of imidazole rings is 1. The molecule has 1 aromatic heterocycles. The smallest absolute Gasteiger partial charge is 0.156 e. The Balaban J connectivity index is 1.97. The van der Waals surface area contributed by atoms with Gasteiger partial charge in [0.15, 0.2) is 11.9 Å². The maximum absolute atomic E-state index is 6.24. The van der Waals surface area contributed by atoms with E-state index < -0.39 is 0 Å². The Morgan fingerprint density at radius 3 is 2.42 bits per heavy atom. The summed E-state index contributed by atoms with van der Waals surface area (Å²) < 4.78 is 8.58. The van der Waals surface area contributed by atoms with Crippen LogP contribution in [0.2, 0.25) is 0 Å². The Morgan fingerprint density at radius 2 is 1.71 bits per heavy atom. The quantitative estimate of drug-likeness (QED) is 0.565. The Bertz CT molecular complexity index is 777. The second-order valence-corrected chi connectivity index (χ2v) is 6.62. The first-order valence-electron chi connectivity index (χ1n) is 8.86. The molecule has 0 saturated carbocycles. The van der Waals surface area contributed by atoms with Gasteiger partial charge in [0.25, 0.3) is 0 Å². The molecule has 126 valence electrons. The third kappa shape index (κ3) is 3.61. The zero-order valence-corrected chi connectivity index (χ0v) is 14.8. The number of hydrogen-bond donors (Lipinski definition) is 0. The van der Waals surface area contributed by atoms with Gasteiger partial charge in [-0.2, -0.15) is 0 Å². The van der Waals surface area contributed by atoms with Gasteiger partial charge in [-0.3, -0.25) is 0 Å². The molecule has 24 heavy (non-hydrogen) atoms. The zero-order chi connectivity index (χ0) is 16.9. The number of benzene rings is 2. The maximum Gasteiger partial charge on any atom is 0.156 e. The lowest BCUT2D eigenvalue weighted by Gasteiger charge is -2.19. The number of hydrogen-bond acceptors (Lipinski definition) is 2. The third-order valence-electron chi connectivity index (χ3n) is 4.29. The second kappa shape index (κ2) is 7.52. The number of para-hydroxylation sites is 3. The van der Waals surface area contributed by atoms with Crippen molar-refractivity contribution >= 4 is 11.0 Å². The number of nitrogens with zero attached hydrogens (tertiary/aromatic N) is 2. The molecule has 0 amide bonds. The SMILES string of the molecule is CCC(Oc1ccccc1)c1nc2ccccc2n1CCC(C)C. The molecule has 0 radical (unpaired) electrons. The zero-order valence-electron chi connectivity index (χ0n) is 14.8. The summed E-state index contributed by atoms with van der Waals surface area (Å²) in [6.45, 7) is 7.65. The lowest BCUT2D eigenvalue weighted by Crippen LogP contribution is -2.15. The molecule has 0 saturated heterocycles. The van der Waals surface area contributed by atoms with Crippen LogP contribution in [0, 0.1) is 5.92 Å². The van der Waals surface area contributed by atoms with Gasteiger partial charge in [0.2, 0.25) is 0 Å². The average molecular weight is 322 g/mol. The van der Waals surface area contributed by atoms with Gasteiger partial charge in [0.05, 0.1) is 11.0 Å². The lowest BCUT2D eigenvalue weighted by molar-refractivity contribution is 0.186. The molecule has 0 N–H and O–H groups in total. The predicted molar refractivity (Wildman–Crippen MR) is 99.3 cm³/mol. The minimum atomic E-state index is -0.0352. The highest BCUT2D eigenvalue weighted by atomic mass is 16.5. The summed E-state index contributed by atoms with van der Waals surface area (Å²) in [4.78, 5) is 4.90. The average Bonchev–Trinajstić information content (AvgIpc) is 2.97. The molecule has 3 aromatic rings. The molecule has 1 heterocycles. The normalized spacial score (nSPS) is 12.7. The monoisotopic (exact) mass is 322 g/mol. The van der Waals surface area contributed by atoms with Crippen LogP contribution in [-0.4, -0.2) is 9.55 Å². The summed E-state index contributed by atoms with van der Waals surface area (Å²) in [6, 6.07) is 18.4. The third-order valence-corrected chi connectivity index (χ3v) is 4.29. The van der Waals surface area contributed by atoms with Crippen LogP contribution in [0.3, 0.4) is 0 Å². The molecular weight excluding hydrogens is 296 g/mol. The first kappa shape index (κ1) is 16.6. The summed E-state index contributed by atoms with van der Waals surface area (Å²) in [6.07, 6.45) is 1.99. The molecule has 1 unspecified atom stereocenters. The Morgan fingerprint density at radius 1 is 1.00 bits per heavy atom. The van der Waals surface area contributed by atoms with E-state index in [0.717, 1.165) is 36.5 Å². The largest absolute Gasteiger partial charge is 0.483 e. The minimum absolute atomic E-state index is 0.0352. The first-order valence-corrected chi connectivity index (χ1v) is 8.86. The number of ether oxygens (including phenoxy) is 1. The van der Waals surface area contributed by atoms with Gasteiger partial charge in [-0.25, -0.2) is 4.98 Å². The van der Waals surface area contributed by atoms with Crippen molar-refractivity contribution in [1.29, 1.82) is 0 Å². The molecule has 3 rings (SSSR count). The van der Waals surface area contributed by atoms with E-state index in [1.165, 1.54) is 5.52 Å².